The van der Waals surface area contributed by atoms with E-state index >= 15 is 0 Å². The van der Waals surface area contributed by atoms with Gasteiger partial charge >= 0.3 is 0 Å². The molecule has 0 aliphatic rings. The van der Waals surface area contributed by atoms with Crippen LogP contribution in [0.2, 0.25) is 0 Å². The number of carbonyl (C=O) groups is 1. The number of carbonyl (C=O) groups excluding carboxylic acids is 1. The number of amides is 1. The van der Waals surface area contributed by atoms with Gasteiger partial charge in [-0.15, -0.1) is 0 Å². The van der Waals surface area contributed by atoms with Gasteiger partial charge in [0.15, 0.2) is 5.43 Å². The van der Waals surface area contributed by atoms with E-state index in [9.17, 15) is 9.59 Å². The molecule has 0 aromatic carbocycles. The SMILES string of the molecule is CC(c1ccncc1)N(C)C(=O)c1c[nH]ccc1=O. The fraction of sp³-hybridized carbons (Fsp3) is 0.214. The lowest BCUT2D eigenvalue weighted by molar-refractivity contribution is 0.0741. The van der Waals surface area contributed by atoms with Crippen LogP contribution in [0.15, 0.2) is 47.8 Å². The molecule has 0 radical (unpaired) electrons. The van der Waals surface area contributed by atoms with Gasteiger partial charge in [0, 0.05) is 37.9 Å². The van der Waals surface area contributed by atoms with Crippen LogP contribution in [-0.2, 0) is 0 Å². The van der Waals surface area contributed by atoms with Gasteiger partial charge in [-0.1, -0.05) is 0 Å². The van der Waals surface area contributed by atoms with Crippen LogP contribution < -0.4 is 5.43 Å². The summed E-state index contributed by atoms with van der Waals surface area (Å²) in [7, 11) is 1.68. The summed E-state index contributed by atoms with van der Waals surface area (Å²) in [5.74, 6) is -0.300. The quantitative estimate of drug-likeness (QED) is 0.908. The third kappa shape index (κ3) is 2.70. The van der Waals surface area contributed by atoms with Crippen LogP contribution in [-0.4, -0.2) is 27.8 Å². The van der Waals surface area contributed by atoms with Crippen molar-refractivity contribution < 1.29 is 4.79 Å². The summed E-state index contributed by atoms with van der Waals surface area (Å²) < 4.78 is 0. The minimum atomic E-state index is -0.300. The monoisotopic (exact) mass is 257 g/mol. The van der Waals surface area contributed by atoms with Crippen molar-refractivity contribution in [1.29, 1.82) is 0 Å². The molecule has 1 atom stereocenters. The Bertz CT molecular complexity index is 622. The van der Waals surface area contributed by atoms with Crippen molar-refractivity contribution in [2.45, 2.75) is 13.0 Å². The molecule has 0 fully saturated rings. The minimum Gasteiger partial charge on any atom is -0.367 e. The standard InChI is InChI=1S/C14H15N3O2/c1-10(11-3-6-15-7-4-11)17(2)14(19)12-9-16-8-5-13(12)18/h3-10H,1-2H3,(H,16,18). The number of nitrogens with zero attached hydrogens (tertiary/aromatic N) is 2. The van der Waals surface area contributed by atoms with Crippen molar-refractivity contribution >= 4 is 5.91 Å². The molecule has 19 heavy (non-hydrogen) atoms. The smallest absolute Gasteiger partial charge is 0.259 e. The van der Waals surface area contributed by atoms with Gasteiger partial charge in [-0.05, 0) is 24.6 Å². The van der Waals surface area contributed by atoms with Crippen LogP contribution in [0.5, 0.6) is 0 Å². The third-order valence-corrected chi connectivity index (χ3v) is 3.14. The number of pyridine rings is 2. The maximum absolute atomic E-state index is 12.3. The Morgan fingerprint density at radius 3 is 2.63 bits per heavy atom. The molecule has 0 saturated heterocycles. The predicted molar refractivity (Wildman–Crippen MR) is 71.8 cm³/mol. The first-order valence-corrected chi connectivity index (χ1v) is 5.95. The summed E-state index contributed by atoms with van der Waals surface area (Å²) >= 11 is 0. The number of hydrogen-bond acceptors (Lipinski definition) is 3. The molecule has 1 unspecified atom stereocenters. The number of aromatic amines is 1. The fourth-order valence-electron chi connectivity index (χ4n) is 1.81. The molecule has 5 nitrogen and oxygen atoms in total. The Kier molecular flexibility index (Phi) is 3.75. The Balaban J connectivity index is 2.25. The summed E-state index contributed by atoms with van der Waals surface area (Å²) in [5.41, 5.74) is 0.835. The molecule has 0 aliphatic heterocycles. The van der Waals surface area contributed by atoms with Gasteiger partial charge in [-0.2, -0.15) is 0 Å². The molecule has 0 saturated carbocycles. The Hall–Kier alpha value is -2.43. The maximum atomic E-state index is 12.3. The van der Waals surface area contributed by atoms with Crippen molar-refractivity contribution in [2.24, 2.45) is 0 Å². The molecule has 2 aromatic rings. The van der Waals surface area contributed by atoms with Gasteiger partial charge in [-0.3, -0.25) is 14.6 Å². The molecule has 2 aromatic heterocycles. The fourth-order valence-corrected chi connectivity index (χ4v) is 1.81. The third-order valence-electron chi connectivity index (χ3n) is 3.14. The molecule has 1 N–H and O–H groups in total. The van der Waals surface area contributed by atoms with Gasteiger partial charge < -0.3 is 9.88 Å². The number of hydrogen-bond donors (Lipinski definition) is 1. The predicted octanol–water partition coefficient (Wildman–Crippen LogP) is 1.60. The molecule has 98 valence electrons. The summed E-state index contributed by atoms with van der Waals surface area (Å²) in [4.78, 5) is 32.2. The molecule has 0 aliphatic carbocycles. The van der Waals surface area contributed by atoms with E-state index in [2.05, 4.69) is 9.97 Å². The second kappa shape index (κ2) is 5.48. The van der Waals surface area contributed by atoms with Crippen LogP contribution in [0.1, 0.15) is 28.9 Å². The highest BCUT2D eigenvalue weighted by molar-refractivity contribution is 5.93. The van der Waals surface area contributed by atoms with Gasteiger partial charge in [0.1, 0.15) is 5.56 Å². The lowest BCUT2D eigenvalue weighted by atomic mass is 10.1. The molecule has 1 amide bonds. The highest BCUT2D eigenvalue weighted by atomic mass is 16.2. The number of nitrogens with one attached hydrogen (secondary N) is 1. The zero-order valence-corrected chi connectivity index (χ0v) is 10.8. The van der Waals surface area contributed by atoms with Crippen LogP contribution in [0.4, 0.5) is 0 Å². The van der Waals surface area contributed by atoms with E-state index in [-0.39, 0.29) is 22.9 Å². The van der Waals surface area contributed by atoms with Gasteiger partial charge in [0.05, 0.1) is 6.04 Å². The largest absolute Gasteiger partial charge is 0.367 e. The number of aromatic nitrogens is 2. The van der Waals surface area contributed by atoms with Crippen molar-refractivity contribution in [3.8, 4) is 0 Å². The van der Waals surface area contributed by atoms with E-state index < -0.39 is 0 Å². The van der Waals surface area contributed by atoms with Crippen molar-refractivity contribution in [3.05, 3.63) is 64.3 Å². The Morgan fingerprint density at radius 1 is 1.32 bits per heavy atom. The normalized spacial score (nSPS) is 11.9. The van der Waals surface area contributed by atoms with E-state index in [1.165, 1.54) is 18.5 Å². The second-order valence-electron chi connectivity index (χ2n) is 4.29. The summed E-state index contributed by atoms with van der Waals surface area (Å²) in [5, 5.41) is 0. The minimum absolute atomic E-state index is 0.130. The zero-order valence-electron chi connectivity index (χ0n) is 10.8. The van der Waals surface area contributed by atoms with Crippen molar-refractivity contribution in [1.82, 2.24) is 14.9 Å². The highest BCUT2D eigenvalue weighted by Crippen LogP contribution is 2.18. The zero-order chi connectivity index (χ0) is 13.8. The second-order valence-corrected chi connectivity index (χ2v) is 4.29. The van der Waals surface area contributed by atoms with Gasteiger partial charge in [0.2, 0.25) is 0 Å². The Labute approximate surface area is 110 Å². The first-order chi connectivity index (χ1) is 9.11. The van der Waals surface area contributed by atoms with Crippen molar-refractivity contribution in [2.75, 3.05) is 7.05 Å². The van der Waals surface area contributed by atoms with E-state index in [0.717, 1.165) is 5.56 Å². The molecular formula is C14H15N3O2. The topological polar surface area (TPSA) is 66.1 Å². The number of rotatable bonds is 3. The lowest BCUT2D eigenvalue weighted by Crippen LogP contribution is -2.33. The van der Waals surface area contributed by atoms with Crippen LogP contribution >= 0.6 is 0 Å². The molecule has 2 heterocycles. The average molecular weight is 257 g/mol. The molecular weight excluding hydrogens is 242 g/mol. The first kappa shape index (κ1) is 13.0. The van der Waals surface area contributed by atoms with E-state index in [1.54, 1.807) is 24.3 Å². The summed E-state index contributed by atoms with van der Waals surface area (Å²) in [6, 6.07) is 4.92. The van der Waals surface area contributed by atoms with Crippen LogP contribution in [0.25, 0.3) is 0 Å². The van der Waals surface area contributed by atoms with E-state index in [0.29, 0.717) is 0 Å². The first-order valence-electron chi connectivity index (χ1n) is 5.95. The van der Waals surface area contributed by atoms with E-state index in [4.69, 9.17) is 0 Å². The highest BCUT2D eigenvalue weighted by Gasteiger charge is 2.20. The van der Waals surface area contributed by atoms with E-state index in [1.807, 2.05) is 19.1 Å². The Morgan fingerprint density at radius 2 is 2.00 bits per heavy atom. The summed E-state index contributed by atoms with van der Waals surface area (Å²) in [6.07, 6.45) is 6.30. The average Bonchev–Trinajstić information content (AvgIpc) is 2.46. The molecule has 5 heteroatoms. The molecule has 2 rings (SSSR count). The van der Waals surface area contributed by atoms with Gasteiger partial charge in [-0.25, -0.2) is 0 Å². The van der Waals surface area contributed by atoms with Crippen LogP contribution in [0.3, 0.4) is 0 Å². The summed E-state index contributed by atoms with van der Waals surface area (Å²) in [6.45, 7) is 1.91. The van der Waals surface area contributed by atoms with Crippen molar-refractivity contribution in [3.63, 3.8) is 0 Å². The van der Waals surface area contributed by atoms with Gasteiger partial charge in [0.25, 0.3) is 5.91 Å². The molecule has 0 spiro atoms. The lowest BCUT2D eigenvalue weighted by Gasteiger charge is -2.25. The molecule has 0 bridgehead atoms. The maximum Gasteiger partial charge on any atom is 0.259 e. The van der Waals surface area contributed by atoms with Crippen LogP contribution in [0, 0.1) is 0 Å². The number of H-pyrrole nitrogens is 1.